The van der Waals surface area contributed by atoms with Crippen molar-refractivity contribution in [3.8, 4) is 78.4 Å². The number of hydrogen-bond acceptors (Lipinski definition) is 4. The molecular weight excluding hydrogens is 771 g/mol. The van der Waals surface area contributed by atoms with E-state index in [1.54, 1.807) is 6.20 Å². The molecular formula is C58H35N3S. The van der Waals surface area contributed by atoms with E-state index in [9.17, 15) is 0 Å². The zero-order valence-electron chi connectivity index (χ0n) is 33.5. The van der Waals surface area contributed by atoms with E-state index < -0.39 is 5.41 Å². The summed E-state index contributed by atoms with van der Waals surface area (Å²) in [6, 6.07) is 73.3. The van der Waals surface area contributed by atoms with Crippen LogP contribution >= 0.6 is 11.3 Å². The molecule has 62 heavy (non-hydrogen) atoms. The van der Waals surface area contributed by atoms with Gasteiger partial charge in [-0.15, -0.1) is 11.3 Å². The van der Waals surface area contributed by atoms with Crippen LogP contribution in [0.3, 0.4) is 0 Å². The Hall–Kier alpha value is -7.79. The largest absolute Gasteiger partial charge is 0.264 e. The van der Waals surface area contributed by atoms with Gasteiger partial charge >= 0.3 is 0 Å². The van der Waals surface area contributed by atoms with E-state index in [2.05, 4.69) is 199 Å². The third-order valence-electron chi connectivity index (χ3n) is 13.0. The van der Waals surface area contributed by atoms with Crippen LogP contribution in [0, 0.1) is 0 Å². The highest BCUT2D eigenvalue weighted by atomic mass is 32.1. The number of nitrogens with zero attached hydrogens (tertiary/aromatic N) is 3. The molecule has 11 aromatic rings. The first-order valence-corrected chi connectivity index (χ1v) is 21.9. The molecule has 8 aromatic carbocycles. The molecule has 2 aliphatic carbocycles. The predicted molar refractivity (Wildman–Crippen MR) is 256 cm³/mol. The second-order valence-electron chi connectivity index (χ2n) is 16.3. The summed E-state index contributed by atoms with van der Waals surface area (Å²) < 4.78 is 2.62. The molecule has 13 rings (SSSR count). The molecule has 288 valence electrons. The standard InChI is InChI=1S/C58H35N3S/c1-2-13-37(14-3-1)53-34-54(61-57(60-53)38-26-24-36(25-27-38)40-15-12-30-59-35-40)39-28-29-45-42-17-5-4-16-41(42)43-18-6-9-21-49(43)58(51(45)31-39)50-22-10-7-19-44(50)47-33-56-48(32-52(47)58)46-20-8-11-23-55(46)62-56/h1-35H. The van der Waals surface area contributed by atoms with Gasteiger partial charge in [0.2, 0.25) is 0 Å². The van der Waals surface area contributed by atoms with Crippen molar-refractivity contribution in [3.63, 3.8) is 0 Å². The van der Waals surface area contributed by atoms with Gasteiger partial charge in [-0.25, -0.2) is 9.97 Å². The SMILES string of the molecule is c1ccc(-c2cc(-c3ccc4c(c3)C3(c5ccccc5-c5ccccc5-4)c4ccccc4-c4cc5sc6ccccc6c5cc43)nc(-c3ccc(-c4cccnc4)cc3)n2)cc1. The van der Waals surface area contributed by atoms with E-state index in [1.807, 2.05) is 23.6 Å². The first kappa shape index (κ1) is 35.0. The van der Waals surface area contributed by atoms with Gasteiger partial charge in [0.05, 0.1) is 16.8 Å². The zero-order chi connectivity index (χ0) is 40.8. The summed E-state index contributed by atoms with van der Waals surface area (Å²) >= 11 is 1.88. The quantitative estimate of drug-likeness (QED) is 0.178. The minimum atomic E-state index is -0.635. The second-order valence-corrected chi connectivity index (χ2v) is 17.4. The maximum absolute atomic E-state index is 5.41. The van der Waals surface area contributed by atoms with Gasteiger partial charge in [0.25, 0.3) is 0 Å². The molecule has 4 heteroatoms. The van der Waals surface area contributed by atoms with Crippen LogP contribution in [0.15, 0.2) is 213 Å². The fourth-order valence-electron chi connectivity index (χ4n) is 10.3. The zero-order valence-corrected chi connectivity index (χ0v) is 34.3. The average Bonchev–Trinajstić information content (AvgIpc) is 3.83. The Morgan fingerprint density at radius 2 is 0.919 bits per heavy atom. The van der Waals surface area contributed by atoms with Crippen LogP contribution in [0.25, 0.3) is 98.6 Å². The Balaban J connectivity index is 1.10. The topological polar surface area (TPSA) is 38.7 Å². The van der Waals surface area contributed by atoms with Gasteiger partial charge in [-0.3, -0.25) is 4.98 Å². The summed E-state index contributed by atoms with van der Waals surface area (Å²) in [7, 11) is 0. The fraction of sp³-hybridized carbons (Fsp3) is 0.0172. The van der Waals surface area contributed by atoms with Gasteiger partial charge in [0.15, 0.2) is 5.82 Å². The number of hydrogen-bond donors (Lipinski definition) is 0. The van der Waals surface area contributed by atoms with E-state index in [0.717, 1.165) is 39.2 Å². The molecule has 0 amide bonds. The highest BCUT2D eigenvalue weighted by molar-refractivity contribution is 7.25. The highest BCUT2D eigenvalue weighted by Crippen LogP contribution is 2.62. The molecule has 1 unspecified atom stereocenters. The van der Waals surface area contributed by atoms with Gasteiger partial charge in [-0.2, -0.15) is 0 Å². The van der Waals surface area contributed by atoms with E-state index >= 15 is 0 Å². The predicted octanol–water partition coefficient (Wildman–Crippen LogP) is 14.9. The normalized spacial score (nSPS) is 14.5. The van der Waals surface area contributed by atoms with Crippen LogP contribution in [-0.4, -0.2) is 15.0 Å². The summed E-state index contributed by atoms with van der Waals surface area (Å²) in [5, 5.41) is 2.60. The van der Waals surface area contributed by atoms with Crippen molar-refractivity contribution < 1.29 is 0 Å². The molecule has 3 aromatic heterocycles. The lowest BCUT2D eigenvalue weighted by Gasteiger charge is -2.35. The summed E-state index contributed by atoms with van der Waals surface area (Å²) in [6.45, 7) is 0. The third-order valence-corrected chi connectivity index (χ3v) is 14.2. The average molecular weight is 806 g/mol. The Bertz CT molecular complexity index is 3570. The van der Waals surface area contributed by atoms with Crippen LogP contribution < -0.4 is 0 Å². The summed E-state index contributed by atoms with van der Waals surface area (Å²) in [5.41, 5.74) is 19.0. The fourth-order valence-corrected chi connectivity index (χ4v) is 11.4. The lowest BCUT2D eigenvalue weighted by atomic mass is 9.65. The maximum Gasteiger partial charge on any atom is 0.160 e. The summed E-state index contributed by atoms with van der Waals surface area (Å²) in [5.74, 6) is 0.683. The summed E-state index contributed by atoms with van der Waals surface area (Å²) in [4.78, 5) is 15.0. The second kappa shape index (κ2) is 13.6. The minimum Gasteiger partial charge on any atom is -0.264 e. The van der Waals surface area contributed by atoms with Crippen molar-refractivity contribution in [1.29, 1.82) is 0 Å². The van der Waals surface area contributed by atoms with Gasteiger partial charge in [-0.1, -0.05) is 164 Å². The van der Waals surface area contributed by atoms with Crippen molar-refractivity contribution in [2.75, 3.05) is 0 Å². The van der Waals surface area contributed by atoms with Crippen LogP contribution in [0.1, 0.15) is 22.3 Å². The van der Waals surface area contributed by atoms with Crippen molar-refractivity contribution in [1.82, 2.24) is 15.0 Å². The number of pyridine rings is 1. The third kappa shape index (κ3) is 5.14. The molecule has 0 N–H and O–H groups in total. The molecule has 0 bridgehead atoms. The highest BCUT2D eigenvalue weighted by Gasteiger charge is 2.50. The van der Waals surface area contributed by atoms with Crippen molar-refractivity contribution in [3.05, 3.63) is 235 Å². The van der Waals surface area contributed by atoms with E-state index in [0.29, 0.717) is 5.82 Å². The van der Waals surface area contributed by atoms with Crippen molar-refractivity contribution in [2.24, 2.45) is 0 Å². The molecule has 3 nitrogen and oxygen atoms in total. The molecule has 2 aliphatic rings. The van der Waals surface area contributed by atoms with Gasteiger partial charge in [-0.05, 0) is 103 Å². The smallest absolute Gasteiger partial charge is 0.160 e. The van der Waals surface area contributed by atoms with E-state index in [4.69, 9.17) is 9.97 Å². The number of benzene rings is 8. The van der Waals surface area contributed by atoms with Crippen molar-refractivity contribution in [2.45, 2.75) is 5.41 Å². The molecule has 0 saturated carbocycles. The molecule has 0 saturated heterocycles. The Labute approximate surface area is 363 Å². The number of fused-ring (bicyclic) bond motifs is 15. The monoisotopic (exact) mass is 805 g/mol. The number of thiophene rings is 1. The van der Waals surface area contributed by atoms with Crippen LogP contribution in [0.2, 0.25) is 0 Å². The van der Waals surface area contributed by atoms with Gasteiger partial charge < -0.3 is 0 Å². The lowest BCUT2D eigenvalue weighted by Crippen LogP contribution is -2.29. The van der Waals surface area contributed by atoms with E-state index in [1.165, 1.54) is 75.8 Å². The first-order valence-electron chi connectivity index (χ1n) is 21.1. The first-order chi connectivity index (χ1) is 30.7. The van der Waals surface area contributed by atoms with E-state index in [-0.39, 0.29) is 0 Å². The van der Waals surface area contributed by atoms with Gasteiger partial charge in [0, 0.05) is 49.3 Å². The van der Waals surface area contributed by atoms with Gasteiger partial charge in [0.1, 0.15) is 0 Å². The molecule has 1 spiro atoms. The molecule has 0 radical (unpaired) electrons. The Morgan fingerprint density at radius 1 is 0.339 bits per heavy atom. The molecule has 0 fully saturated rings. The molecule has 3 heterocycles. The number of aromatic nitrogens is 3. The number of rotatable bonds is 4. The van der Waals surface area contributed by atoms with Crippen LogP contribution in [0.5, 0.6) is 0 Å². The summed E-state index contributed by atoms with van der Waals surface area (Å²) in [6.07, 6.45) is 3.70. The maximum atomic E-state index is 5.41. The molecule has 0 aliphatic heterocycles. The Kier molecular flexibility index (Phi) is 7.69. The molecule has 1 atom stereocenters. The minimum absolute atomic E-state index is 0.635. The Morgan fingerprint density at radius 3 is 1.66 bits per heavy atom. The van der Waals surface area contributed by atoms with Crippen LogP contribution in [0.4, 0.5) is 0 Å². The van der Waals surface area contributed by atoms with Crippen molar-refractivity contribution >= 4 is 31.5 Å². The van der Waals surface area contributed by atoms with Crippen LogP contribution in [-0.2, 0) is 5.41 Å². The lowest BCUT2D eigenvalue weighted by molar-refractivity contribution is 0.777.